The second-order valence-electron chi connectivity index (χ2n) is 12.6. The maximum Gasteiger partial charge on any atom is 0.260 e. The van der Waals surface area contributed by atoms with Gasteiger partial charge in [-0.25, -0.2) is 9.37 Å². The molecule has 2 aromatic carbocycles. The first-order valence-electron chi connectivity index (χ1n) is 14.7. The third-order valence-electron chi connectivity index (χ3n) is 9.29. The van der Waals surface area contributed by atoms with Crippen LogP contribution in [0.25, 0.3) is 22.5 Å². The molecule has 0 N–H and O–H groups in total. The van der Waals surface area contributed by atoms with Crippen molar-refractivity contribution in [2.45, 2.75) is 56.8 Å². The minimum Gasteiger partial charge on any atom is -0.372 e. The molecular weight excluding hydrogens is 545 g/mol. The monoisotopic (exact) mass is 575 g/mol. The quantitative estimate of drug-likeness (QED) is 0.321. The summed E-state index contributed by atoms with van der Waals surface area (Å²) in [5, 5.41) is 17.9. The first kappa shape index (κ1) is 26.2. The molecule has 0 radical (unpaired) electrons. The Morgan fingerprint density at radius 2 is 2.00 bits per heavy atom. The van der Waals surface area contributed by atoms with Gasteiger partial charge in [-0.05, 0) is 79.3 Å². The molecule has 5 heterocycles. The summed E-state index contributed by atoms with van der Waals surface area (Å²) in [5.74, 6) is 0.848. The number of morpholine rings is 1. The lowest BCUT2D eigenvalue weighted by molar-refractivity contribution is -0.0351. The Morgan fingerprint density at radius 1 is 1.14 bits per heavy atom. The molecule has 3 fully saturated rings. The number of benzene rings is 2. The fourth-order valence-electron chi connectivity index (χ4n) is 6.93. The van der Waals surface area contributed by atoms with Crippen LogP contribution >= 0.6 is 0 Å². The highest BCUT2D eigenvalue weighted by Gasteiger charge is 2.47. The van der Waals surface area contributed by atoms with Crippen molar-refractivity contribution in [2.24, 2.45) is 7.05 Å². The SMILES string of the molecule is Cn1cnnc1-c1cc(C#N)ccc1-c1cc(C2CC2)nc(N2Cc3c(F)cc(CN4C[C@]5(C)C[C@H]4CO5)cc3C2=O)c1. The number of rotatable bonds is 6. The minimum absolute atomic E-state index is 0.128. The van der Waals surface area contributed by atoms with Crippen molar-refractivity contribution in [3.63, 3.8) is 0 Å². The Labute approximate surface area is 248 Å². The van der Waals surface area contributed by atoms with E-state index in [9.17, 15) is 10.1 Å². The number of aryl methyl sites for hydroxylation is 1. The minimum atomic E-state index is -0.356. The molecular formula is C33H30FN7O2. The molecule has 9 nitrogen and oxygen atoms in total. The molecule has 216 valence electrons. The van der Waals surface area contributed by atoms with Gasteiger partial charge in [-0.2, -0.15) is 5.26 Å². The van der Waals surface area contributed by atoms with Gasteiger partial charge >= 0.3 is 0 Å². The van der Waals surface area contributed by atoms with Gasteiger partial charge in [0.05, 0.1) is 30.4 Å². The molecule has 1 aliphatic carbocycles. The summed E-state index contributed by atoms with van der Waals surface area (Å²) in [5.41, 5.74) is 5.38. The Morgan fingerprint density at radius 3 is 2.70 bits per heavy atom. The smallest absolute Gasteiger partial charge is 0.260 e. The second-order valence-corrected chi connectivity index (χ2v) is 12.6. The van der Waals surface area contributed by atoms with E-state index in [0.717, 1.165) is 53.8 Å². The summed E-state index contributed by atoms with van der Waals surface area (Å²) in [6, 6.07) is 15.4. The highest BCUT2D eigenvalue weighted by Crippen LogP contribution is 2.44. The van der Waals surface area contributed by atoms with E-state index in [1.54, 1.807) is 23.4 Å². The van der Waals surface area contributed by atoms with E-state index in [4.69, 9.17) is 9.72 Å². The van der Waals surface area contributed by atoms with Crippen LogP contribution in [0.4, 0.5) is 10.2 Å². The fourth-order valence-corrected chi connectivity index (χ4v) is 6.93. The van der Waals surface area contributed by atoms with Crippen LogP contribution in [0.3, 0.4) is 0 Å². The number of ether oxygens (including phenoxy) is 1. The zero-order chi connectivity index (χ0) is 29.5. The van der Waals surface area contributed by atoms with Gasteiger partial charge in [-0.15, -0.1) is 10.2 Å². The number of halogens is 1. The maximum absolute atomic E-state index is 15.5. The van der Waals surface area contributed by atoms with Crippen LogP contribution in [0.5, 0.6) is 0 Å². The molecule has 8 rings (SSSR count). The van der Waals surface area contributed by atoms with Gasteiger partial charge < -0.3 is 9.30 Å². The van der Waals surface area contributed by atoms with E-state index >= 15 is 4.39 Å². The van der Waals surface area contributed by atoms with Gasteiger partial charge in [0.25, 0.3) is 5.91 Å². The molecule has 0 unspecified atom stereocenters. The van der Waals surface area contributed by atoms with E-state index in [-0.39, 0.29) is 23.9 Å². The first-order valence-corrected chi connectivity index (χ1v) is 14.7. The third-order valence-corrected chi connectivity index (χ3v) is 9.29. The number of nitrogens with zero attached hydrogens (tertiary/aromatic N) is 7. The highest BCUT2D eigenvalue weighted by atomic mass is 19.1. The normalized spacial score (nSPS) is 22.8. The first-order chi connectivity index (χ1) is 20.8. The van der Waals surface area contributed by atoms with E-state index in [2.05, 4.69) is 34.2 Å². The number of nitriles is 1. The van der Waals surface area contributed by atoms with Gasteiger partial charge in [-0.3, -0.25) is 14.6 Å². The number of carbonyl (C=O) groups excluding carboxylic acids is 1. The summed E-state index contributed by atoms with van der Waals surface area (Å²) < 4.78 is 23.3. The van der Waals surface area contributed by atoms with E-state index in [1.165, 1.54) is 0 Å². The molecule has 0 spiro atoms. The molecule has 4 aliphatic rings. The van der Waals surface area contributed by atoms with Crippen molar-refractivity contribution in [2.75, 3.05) is 18.1 Å². The van der Waals surface area contributed by atoms with Crippen molar-refractivity contribution in [1.29, 1.82) is 5.26 Å². The van der Waals surface area contributed by atoms with Crippen LogP contribution in [0, 0.1) is 17.1 Å². The lowest BCUT2D eigenvalue weighted by Gasteiger charge is -2.30. The van der Waals surface area contributed by atoms with Crippen molar-refractivity contribution >= 4 is 11.7 Å². The predicted octanol–water partition coefficient (Wildman–Crippen LogP) is 4.96. The number of anilines is 1. The second kappa shape index (κ2) is 9.53. The number of likely N-dealkylation sites (tertiary alicyclic amines) is 1. The summed E-state index contributed by atoms with van der Waals surface area (Å²) >= 11 is 0. The van der Waals surface area contributed by atoms with Crippen LogP contribution < -0.4 is 4.90 Å². The van der Waals surface area contributed by atoms with Crippen LogP contribution in [0.1, 0.15) is 64.8 Å². The molecule has 2 aromatic heterocycles. The Bertz CT molecular complexity index is 1860. The number of aromatic nitrogens is 4. The maximum atomic E-state index is 15.5. The predicted molar refractivity (Wildman–Crippen MR) is 156 cm³/mol. The summed E-state index contributed by atoms with van der Waals surface area (Å²) in [4.78, 5) is 22.7. The number of amides is 1. The lowest BCUT2D eigenvalue weighted by Crippen LogP contribution is -2.40. The van der Waals surface area contributed by atoms with Crippen LogP contribution in [-0.4, -0.2) is 55.4 Å². The van der Waals surface area contributed by atoms with Crippen LogP contribution in [0.2, 0.25) is 0 Å². The van der Waals surface area contributed by atoms with Crippen LogP contribution in [-0.2, 0) is 24.9 Å². The number of carbonyl (C=O) groups is 1. The molecule has 1 saturated carbocycles. The standard InChI is InChI=1S/C33H30FN7O2/c1-33-12-23(16-43-33)40(17-33)14-20-8-26-27(28(34)9-20)15-41(32(26)42)30-11-22(10-29(37-30)21-4-5-21)24-6-3-19(13-35)7-25(24)31-38-36-18-39(31)2/h3,6-11,18,21,23H,4-5,12,14-17H2,1-2H3/t23-,33-/m0/s1. The molecule has 2 saturated heterocycles. The molecule has 10 heteroatoms. The third kappa shape index (κ3) is 4.42. The average Bonchev–Trinajstić information content (AvgIpc) is 3.36. The average molecular weight is 576 g/mol. The summed E-state index contributed by atoms with van der Waals surface area (Å²) in [6.45, 7) is 4.35. The van der Waals surface area contributed by atoms with Gasteiger partial charge in [0.2, 0.25) is 0 Å². The Balaban J connectivity index is 1.16. The molecule has 2 atom stereocenters. The van der Waals surface area contributed by atoms with Crippen molar-refractivity contribution in [3.8, 4) is 28.6 Å². The van der Waals surface area contributed by atoms with E-state index in [0.29, 0.717) is 53.4 Å². The summed E-state index contributed by atoms with van der Waals surface area (Å²) in [6.07, 6.45) is 4.67. The van der Waals surface area contributed by atoms with Crippen LogP contribution in [0.15, 0.2) is 48.8 Å². The number of pyridine rings is 1. The lowest BCUT2D eigenvalue weighted by atomic mass is 9.96. The van der Waals surface area contributed by atoms with E-state index < -0.39 is 0 Å². The number of hydrogen-bond acceptors (Lipinski definition) is 7. The zero-order valence-electron chi connectivity index (χ0n) is 24.0. The fraction of sp³-hybridized carbons (Fsp3) is 0.364. The Hall–Kier alpha value is -4.46. The topological polar surface area (TPSA) is 100 Å². The molecule has 2 bridgehead atoms. The van der Waals surface area contributed by atoms with Crippen molar-refractivity contribution < 1.29 is 13.9 Å². The van der Waals surface area contributed by atoms with Crippen molar-refractivity contribution in [3.05, 3.63) is 82.6 Å². The highest BCUT2D eigenvalue weighted by molar-refractivity contribution is 6.10. The molecule has 3 aliphatic heterocycles. The Kier molecular flexibility index (Phi) is 5.80. The molecule has 1 amide bonds. The number of fused-ring (bicyclic) bond motifs is 3. The van der Waals surface area contributed by atoms with Gasteiger partial charge in [0, 0.05) is 54.5 Å². The number of hydrogen-bond donors (Lipinski definition) is 0. The zero-order valence-corrected chi connectivity index (χ0v) is 24.0. The van der Waals surface area contributed by atoms with Gasteiger partial charge in [-0.1, -0.05) is 6.07 Å². The van der Waals surface area contributed by atoms with E-state index in [1.807, 2.05) is 35.9 Å². The van der Waals surface area contributed by atoms with Gasteiger partial charge in [0.1, 0.15) is 18.0 Å². The largest absolute Gasteiger partial charge is 0.372 e. The summed E-state index contributed by atoms with van der Waals surface area (Å²) in [7, 11) is 1.86. The van der Waals surface area contributed by atoms with Gasteiger partial charge in [0.15, 0.2) is 5.82 Å². The van der Waals surface area contributed by atoms with Crippen molar-refractivity contribution in [1.82, 2.24) is 24.6 Å². The molecule has 4 aromatic rings. The molecule has 43 heavy (non-hydrogen) atoms.